The van der Waals surface area contributed by atoms with E-state index in [1.807, 2.05) is 18.2 Å². The second-order valence-electron chi connectivity index (χ2n) is 6.77. The van der Waals surface area contributed by atoms with E-state index in [1.54, 1.807) is 4.90 Å². The largest absolute Gasteiger partial charge is 0.328 e. The standard InChI is InChI=1S/C17H20N2OS/c1-17(2,3)12-6-4-11(5-7-12)10-14-15(20)19(13-8-9-13)16(21)18-14/h4-7,10,13H,8-9H2,1-3H3,(H,18,21)/b14-10+. The van der Waals surface area contributed by atoms with Crippen molar-refractivity contribution in [2.24, 2.45) is 0 Å². The summed E-state index contributed by atoms with van der Waals surface area (Å²) in [6.07, 6.45) is 3.99. The summed E-state index contributed by atoms with van der Waals surface area (Å²) in [7, 11) is 0. The Morgan fingerprint density at radius 2 is 1.86 bits per heavy atom. The molecule has 1 aromatic rings. The van der Waals surface area contributed by atoms with E-state index in [0.717, 1.165) is 18.4 Å². The number of rotatable bonds is 2. The first-order valence-electron chi connectivity index (χ1n) is 7.33. The molecule has 2 aliphatic rings. The van der Waals surface area contributed by atoms with Gasteiger partial charge in [0.15, 0.2) is 5.11 Å². The smallest absolute Gasteiger partial charge is 0.276 e. The van der Waals surface area contributed by atoms with Crippen LogP contribution >= 0.6 is 12.2 Å². The molecule has 1 heterocycles. The van der Waals surface area contributed by atoms with E-state index in [-0.39, 0.29) is 11.3 Å². The Labute approximate surface area is 131 Å². The van der Waals surface area contributed by atoms with E-state index in [4.69, 9.17) is 12.2 Å². The number of hydrogen-bond acceptors (Lipinski definition) is 2. The highest BCUT2D eigenvalue weighted by molar-refractivity contribution is 7.80. The molecule has 1 saturated carbocycles. The van der Waals surface area contributed by atoms with E-state index in [0.29, 0.717) is 16.9 Å². The summed E-state index contributed by atoms with van der Waals surface area (Å²) in [5.74, 6) is 0.00222. The van der Waals surface area contributed by atoms with Crippen LogP contribution in [0.25, 0.3) is 6.08 Å². The molecule has 1 saturated heterocycles. The summed E-state index contributed by atoms with van der Waals surface area (Å²) in [6, 6.07) is 8.63. The van der Waals surface area contributed by atoms with E-state index < -0.39 is 0 Å². The highest BCUT2D eigenvalue weighted by Gasteiger charge is 2.41. The lowest BCUT2D eigenvalue weighted by Gasteiger charge is -2.18. The summed E-state index contributed by atoms with van der Waals surface area (Å²) < 4.78 is 0. The summed E-state index contributed by atoms with van der Waals surface area (Å²) in [4.78, 5) is 14.0. The second-order valence-corrected chi connectivity index (χ2v) is 7.15. The zero-order chi connectivity index (χ0) is 15.2. The van der Waals surface area contributed by atoms with Crippen LogP contribution in [0.3, 0.4) is 0 Å². The monoisotopic (exact) mass is 300 g/mol. The number of thiocarbonyl (C=S) groups is 1. The number of benzene rings is 1. The van der Waals surface area contributed by atoms with Gasteiger partial charge in [0, 0.05) is 6.04 Å². The molecule has 3 rings (SSSR count). The normalized spacial score (nSPS) is 21.1. The van der Waals surface area contributed by atoms with Crippen LogP contribution in [-0.4, -0.2) is 22.0 Å². The van der Waals surface area contributed by atoms with Crippen molar-refractivity contribution in [3.8, 4) is 0 Å². The Hall–Kier alpha value is -1.68. The summed E-state index contributed by atoms with van der Waals surface area (Å²) in [5.41, 5.74) is 3.01. The SMILES string of the molecule is CC(C)(C)c1ccc(/C=C2/NC(=S)N(C3CC3)C2=O)cc1. The van der Waals surface area contributed by atoms with Gasteiger partial charge in [0.1, 0.15) is 5.70 Å². The number of nitrogens with zero attached hydrogens (tertiary/aromatic N) is 1. The molecule has 4 heteroatoms. The number of hydrogen-bond donors (Lipinski definition) is 1. The molecule has 0 spiro atoms. The Morgan fingerprint density at radius 3 is 2.38 bits per heavy atom. The minimum atomic E-state index is 0.00222. The minimum absolute atomic E-state index is 0.00222. The molecule has 1 aliphatic heterocycles. The van der Waals surface area contributed by atoms with Gasteiger partial charge in [-0.25, -0.2) is 0 Å². The number of amides is 1. The fourth-order valence-electron chi connectivity index (χ4n) is 2.46. The summed E-state index contributed by atoms with van der Waals surface area (Å²) in [6.45, 7) is 6.57. The molecule has 0 aromatic heterocycles. The first kappa shape index (κ1) is 14.3. The van der Waals surface area contributed by atoms with Gasteiger partial charge >= 0.3 is 0 Å². The maximum absolute atomic E-state index is 12.3. The molecule has 0 bridgehead atoms. The Balaban J connectivity index is 1.82. The van der Waals surface area contributed by atoms with Crippen molar-refractivity contribution < 1.29 is 4.79 Å². The maximum Gasteiger partial charge on any atom is 0.276 e. The van der Waals surface area contributed by atoms with Gasteiger partial charge in [-0.15, -0.1) is 0 Å². The number of nitrogens with one attached hydrogen (secondary N) is 1. The summed E-state index contributed by atoms with van der Waals surface area (Å²) in [5, 5.41) is 3.58. The fraction of sp³-hybridized carbons (Fsp3) is 0.412. The average Bonchev–Trinajstić information content (AvgIpc) is 3.18. The quantitative estimate of drug-likeness (QED) is 0.672. The third kappa shape index (κ3) is 2.86. The van der Waals surface area contributed by atoms with E-state index in [1.165, 1.54) is 5.56 Å². The van der Waals surface area contributed by atoms with Crippen LogP contribution < -0.4 is 5.32 Å². The minimum Gasteiger partial charge on any atom is -0.328 e. The number of carbonyl (C=O) groups excluding carboxylic acids is 1. The van der Waals surface area contributed by atoms with Crippen molar-refractivity contribution in [2.45, 2.75) is 45.1 Å². The van der Waals surface area contributed by atoms with E-state index in [9.17, 15) is 4.79 Å². The number of carbonyl (C=O) groups is 1. The molecule has 1 aliphatic carbocycles. The maximum atomic E-state index is 12.3. The molecular formula is C17H20N2OS. The van der Waals surface area contributed by atoms with Crippen molar-refractivity contribution in [1.29, 1.82) is 0 Å². The highest BCUT2D eigenvalue weighted by atomic mass is 32.1. The predicted molar refractivity (Wildman–Crippen MR) is 88.7 cm³/mol. The lowest BCUT2D eigenvalue weighted by Crippen LogP contribution is -2.32. The van der Waals surface area contributed by atoms with Crippen molar-refractivity contribution in [3.63, 3.8) is 0 Å². The topological polar surface area (TPSA) is 32.3 Å². The van der Waals surface area contributed by atoms with E-state index in [2.05, 4.69) is 38.2 Å². The molecule has 1 N–H and O–H groups in total. The Kier molecular flexibility index (Phi) is 3.36. The lowest BCUT2D eigenvalue weighted by atomic mass is 9.87. The van der Waals surface area contributed by atoms with Crippen molar-refractivity contribution in [1.82, 2.24) is 10.2 Å². The average molecular weight is 300 g/mol. The Bertz CT molecular complexity index is 621. The van der Waals surface area contributed by atoms with Crippen LogP contribution in [0.15, 0.2) is 30.0 Å². The molecule has 0 radical (unpaired) electrons. The van der Waals surface area contributed by atoms with Gasteiger partial charge in [-0.1, -0.05) is 45.0 Å². The first-order chi connectivity index (χ1) is 9.86. The van der Waals surface area contributed by atoms with Crippen molar-refractivity contribution >= 4 is 29.3 Å². The third-order valence-electron chi connectivity index (χ3n) is 3.91. The van der Waals surface area contributed by atoms with Gasteiger partial charge in [-0.05, 0) is 47.7 Å². The van der Waals surface area contributed by atoms with Gasteiger partial charge in [0.2, 0.25) is 0 Å². The van der Waals surface area contributed by atoms with Gasteiger partial charge in [-0.3, -0.25) is 9.69 Å². The molecule has 1 aromatic carbocycles. The van der Waals surface area contributed by atoms with Crippen LogP contribution in [0.1, 0.15) is 44.7 Å². The molecule has 3 nitrogen and oxygen atoms in total. The van der Waals surface area contributed by atoms with Crippen LogP contribution in [-0.2, 0) is 10.2 Å². The van der Waals surface area contributed by atoms with Gasteiger partial charge in [-0.2, -0.15) is 0 Å². The van der Waals surface area contributed by atoms with Crippen LogP contribution in [0.5, 0.6) is 0 Å². The van der Waals surface area contributed by atoms with Gasteiger partial charge in [0.25, 0.3) is 5.91 Å². The van der Waals surface area contributed by atoms with Crippen molar-refractivity contribution in [3.05, 3.63) is 41.1 Å². The molecule has 21 heavy (non-hydrogen) atoms. The van der Waals surface area contributed by atoms with E-state index >= 15 is 0 Å². The van der Waals surface area contributed by atoms with Crippen molar-refractivity contribution in [2.75, 3.05) is 0 Å². The zero-order valence-electron chi connectivity index (χ0n) is 12.6. The Morgan fingerprint density at radius 1 is 1.24 bits per heavy atom. The first-order valence-corrected chi connectivity index (χ1v) is 7.74. The molecule has 0 atom stereocenters. The van der Waals surface area contributed by atoms with Crippen LogP contribution in [0.2, 0.25) is 0 Å². The molecule has 1 amide bonds. The molecule has 110 valence electrons. The van der Waals surface area contributed by atoms with Gasteiger partial charge < -0.3 is 5.32 Å². The lowest BCUT2D eigenvalue weighted by molar-refractivity contribution is -0.122. The zero-order valence-corrected chi connectivity index (χ0v) is 13.5. The van der Waals surface area contributed by atoms with Crippen LogP contribution in [0, 0.1) is 0 Å². The van der Waals surface area contributed by atoms with Crippen LogP contribution in [0.4, 0.5) is 0 Å². The molecule has 2 fully saturated rings. The highest BCUT2D eigenvalue weighted by Crippen LogP contribution is 2.31. The summed E-state index contributed by atoms with van der Waals surface area (Å²) >= 11 is 5.25. The fourth-order valence-corrected chi connectivity index (χ4v) is 2.80. The molecular weight excluding hydrogens is 280 g/mol. The van der Waals surface area contributed by atoms with Gasteiger partial charge in [0.05, 0.1) is 0 Å². The second kappa shape index (κ2) is 4.95. The third-order valence-corrected chi connectivity index (χ3v) is 4.21. The predicted octanol–water partition coefficient (Wildman–Crippen LogP) is 3.20. The molecule has 0 unspecified atom stereocenters.